The third-order valence-corrected chi connectivity index (χ3v) is 6.81. The molecule has 2 aromatic heterocycles. The number of benzene rings is 1. The summed E-state index contributed by atoms with van der Waals surface area (Å²) in [5.74, 6) is -1.43. The molecule has 39 heavy (non-hydrogen) atoms. The Balaban J connectivity index is 1.51. The van der Waals surface area contributed by atoms with Gasteiger partial charge in [0.2, 0.25) is 17.5 Å². The largest absolute Gasteiger partial charge is 0.464 e. The molecule has 2 atom stereocenters. The van der Waals surface area contributed by atoms with E-state index in [9.17, 15) is 14.4 Å². The summed E-state index contributed by atoms with van der Waals surface area (Å²) in [6, 6.07) is 8.51. The molecule has 0 aliphatic carbocycles. The van der Waals surface area contributed by atoms with Gasteiger partial charge in [-0.25, -0.2) is 19.6 Å². The minimum absolute atomic E-state index is 0.0137. The van der Waals surface area contributed by atoms with E-state index >= 15 is 0 Å². The van der Waals surface area contributed by atoms with Crippen molar-refractivity contribution in [1.29, 1.82) is 0 Å². The lowest BCUT2D eigenvalue weighted by atomic mass is 10.2. The maximum Gasteiger partial charge on any atom is 0.413 e. The standard InChI is InChI=1S/C25H27BrN4O9/c1-24(2)30(23(33)38-10-15-8-6-5-7-9-15)18(13-39-24)20-27-16(11-36-20)19(31)29-25(14-26,35-4)22-28-17(12-37-22)21(32)34-3/h5-9,11-12,18H,10,13-14H2,1-4H3,(H,29,31)/t18-,25?/m0/s1. The number of hydrogen-bond acceptors (Lipinski definition) is 11. The highest BCUT2D eigenvalue weighted by Gasteiger charge is 2.48. The molecule has 14 heteroatoms. The molecule has 3 aromatic rings. The van der Waals surface area contributed by atoms with Gasteiger partial charge in [0, 0.05) is 7.11 Å². The number of esters is 1. The Hall–Kier alpha value is -3.75. The van der Waals surface area contributed by atoms with E-state index in [0.29, 0.717) is 0 Å². The second-order valence-corrected chi connectivity index (χ2v) is 9.46. The molecule has 0 bridgehead atoms. The summed E-state index contributed by atoms with van der Waals surface area (Å²) in [5, 5.41) is 2.66. The van der Waals surface area contributed by atoms with Crippen LogP contribution < -0.4 is 5.32 Å². The first-order valence-electron chi connectivity index (χ1n) is 11.7. The topological polar surface area (TPSA) is 155 Å². The van der Waals surface area contributed by atoms with Crippen molar-refractivity contribution < 1.29 is 42.2 Å². The molecule has 4 rings (SSSR count). The highest BCUT2D eigenvalue weighted by molar-refractivity contribution is 9.09. The van der Waals surface area contributed by atoms with Gasteiger partial charge in [0.05, 0.1) is 19.0 Å². The number of halogens is 1. The first-order valence-corrected chi connectivity index (χ1v) is 12.8. The van der Waals surface area contributed by atoms with Crippen LogP contribution in [0.3, 0.4) is 0 Å². The highest BCUT2D eigenvalue weighted by atomic mass is 79.9. The van der Waals surface area contributed by atoms with E-state index in [0.717, 1.165) is 18.1 Å². The number of hydrogen-bond donors (Lipinski definition) is 1. The molecule has 1 aromatic carbocycles. The van der Waals surface area contributed by atoms with E-state index in [2.05, 4.69) is 36.0 Å². The van der Waals surface area contributed by atoms with Crippen LogP contribution in [0.4, 0.5) is 4.79 Å². The number of carbonyl (C=O) groups excluding carboxylic acids is 3. The molecule has 208 valence electrons. The fourth-order valence-corrected chi connectivity index (χ4v) is 4.52. The molecule has 2 amide bonds. The zero-order valence-corrected chi connectivity index (χ0v) is 23.2. The second kappa shape index (κ2) is 11.6. The van der Waals surface area contributed by atoms with Crippen molar-refractivity contribution in [3.63, 3.8) is 0 Å². The average molecular weight is 607 g/mol. The summed E-state index contributed by atoms with van der Waals surface area (Å²) in [4.78, 5) is 47.7. The first kappa shape index (κ1) is 28.3. The lowest BCUT2D eigenvalue weighted by Gasteiger charge is -2.31. The van der Waals surface area contributed by atoms with E-state index in [4.69, 9.17) is 23.0 Å². The van der Waals surface area contributed by atoms with Gasteiger partial charge in [-0.3, -0.25) is 9.69 Å². The van der Waals surface area contributed by atoms with Crippen LogP contribution in [0.5, 0.6) is 0 Å². The van der Waals surface area contributed by atoms with Crippen molar-refractivity contribution >= 4 is 33.9 Å². The second-order valence-electron chi connectivity index (χ2n) is 8.90. The van der Waals surface area contributed by atoms with E-state index in [1.54, 1.807) is 13.8 Å². The van der Waals surface area contributed by atoms with Crippen molar-refractivity contribution in [2.24, 2.45) is 0 Å². The quantitative estimate of drug-likeness (QED) is 0.216. The molecule has 0 spiro atoms. The smallest absolute Gasteiger partial charge is 0.413 e. The number of alkyl halides is 1. The Kier molecular flexibility index (Phi) is 8.37. The van der Waals surface area contributed by atoms with Gasteiger partial charge in [-0.15, -0.1) is 0 Å². The summed E-state index contributed by atoms with van der Waals surface area (Å²) >= 11 is 3.29. The molecule has 1 fully saturated rings. The maximum absolute atomic E-state index is 13.1. The van der Waals surface area contributed by atoms with Gasteiger partial charge in [-0.05, 0) is 19.4 Å². The average Bonchev–Trinajstić information content (AvgIpc) is 3.69. The van der Waals surface area contributed by atoms with Gasteiger partial charge in [0.15, 0.2) is 11.4 Å². The van der Waals surface area contributed by atoms with Crippen LogP contribution in [0.15, 0.2) is 51.7 Å². The molecular formula is C25H27BrN4O9. The Bertz CT molecular complexity index is 1320. The predicted molar refractivity (Wildman–Crippen MR) is 136 cm³/mol. The molecule has 1 N–H and O–H groups in total. The molecule has 1 unspecified atom stereocenters. The van der Waals surface area contributed by atoms with Crippen molar-refractivity contribution in [2.75, 3.05) is 26.2 Å². The van der Waals surface area contributed by atoms with Crippen LogP contribution in [0, 0.1) is 0 Å². The number of aromatic nitrogens is 2. The molecule has 13 nitrogen and oxygen atoms in total. The van der Waals surface area contributed by atoms with Crippen LogP contribution in [-0.2, 0) is 31.3 Å². The predicted octanol–water partition coefficient (Wildman–Crippen LogP) is 3.52. The number of methoxy groups -OCH3 is 2. The van der Waals surface area contributed by atoms with E-state index in [1.807, 2.05) is 30.3 Å². The minimum atomic E-state index is -1.59. The molecule has 1 saturated heterocycles. The molecular weight excluding hydrogens is 580 g/mol. The van der Waals surface area contributed by atoms with Gasteiger partial charge in [0.25, 0.3) is 5.91 Å². The van der Waals surface area contributed by atoms with Crippen molar-refractivity contribution in [3.8, 4) is 0 Å². The Morgan fingerprint density at radius 2 is 1.85 bits per heavy atom. The number of nitrogens with zero attached hydrogens (tertiary/aromatic N) is 3. The van der Waals surface area contributed by atoms with Crippen molar-refractivity contribution in [2.45, 2.75) is 37.9 Å². The fourth-order valence-electron chi connectivity index (χ4n) is 3.91. The van der Waals surface area contributed by atoms with Crippen LogP contribution in [-0.4, -0.2) is 64.7 Å². The highest BCUT2D eigenvalue weighted by Crippen LogP contribution is 2.37. The van der Waals surface area contributed by atoms with Gasteiger partial charge >= 0.3 is 12.1 Å². The summed E-state index contributed by atoms with van der Waals surface area (Å²) in [5.41, 5.74) is -1.98. The zero-order chi connectivity index (χ0) is 28.2. The zero-order valence-electron chi connectivity index (χ0n) is 21.6. The van der Waals surface area contributed by atoms with Crippen LogP contribution in [0.1, 0.15) is 58.2 Å². The van der Waals surface area contributed by atoms with Crippen molar-refractivity contribution in [1.82, 2.24) is 20.2 Å². The van der Waals surface area contributed by atoms with E-state index in [-0.39, 0.29) is 41.7 Å². The number of amides is 2. The Morgan fingerprint density at radius 3 is 2.51 bits per heavy atom. The number of ether oxygens (including phenoxy) is 4. The number of nitrogens with one attached hydrogen (secondary N) is 1. The third kappa shape index (κ3) is 5.82. The van der Waals surface area contributed by atoms with Crippen LogP contribution in [0.25, 0.3) is 0 Å². The monoisotopic (exact) mass is 606 g/mol. The first-order chi connectivity index (χ1) is 18.6. The van der Waals surface area contributed by atoms with Crippen LogP contribution >= 0.6 is 15.9 Å². The fraction of sp³-hybridized carbons (Fsp3) is 0.400. The van der Waals surface area contributed by atoms with Crippen molar-refractivity contribution in [3.05, 3.63) is 71.6 Å². The van der Waals surface area contributed by atoms with Gasteiger partial charge in [0.1, 0.15) is 30.9 Å². The Morgan fingerprint density at radius 1 is 1.13 bits per heavy atom. The van der Waals surface area contributed by atoms with Gasteiger partial charge in [-0.2, -0.15) is 0 Å². The lowest BCUT2D eigenvalue weighted by Crippen LogP contribution is -2.49. The van der Waals surface area contributed by atoms with E-state index < -0.39 is 35.5 Å². The number of carbonyl (C=O) groups is 3. The lowest BCUT2D eigenvalue weighted by molar-refractivity contribution is -0.0500. The van der Waals surface area contributed by atoms with E-state index in [1.165, 1.54) is 19.1 Å². The summed E-state index contributed by atoms with van der Waals surface area (Å²) < 4.78 is 32.4. The molecule has 0 saturated carbocycles. The SMILES string of the molecule is COC(=O)c1coc(C(CBr)(NC(=O)c2coc([C@@H]3COC(C)(C)N3C(=O)OCc3ccccc3)n2)OC)n1. The summed E-state index contributed by atoms with van der Waals surface area (Å²) in [6.07, 6.45) is 1.61. The molecule has 1 aliphatic heterocycles. The normalized spacial score (nSPS) is 17.9. The molecule has 1 aliphatic rings. The maximum atomic E-state index is 13.1. The number of rotatable bonds is 9. The van der Waals surface area contributed by atoms with Crippen LogP contribution in [0.2, 0.25) is 0 Å². The minimum Gasteiger partial charge on any atom is -0.464 e. The van der Waals surface area contributed by atoms with Gasteiger partial charge < -0.3 is 33.1 Å². The summed E-state index contributed by atoms with van der Waals surface area (Å²) in [7, 11) is 2.53. The molecule has 0 radical (unpaired) electrons. The number of oxazole rings is 2. The molecule has 3 heterocycles. The van der Waals surface area contributed by atoms with Gasteiger partial charge in [-0.1, -0.05) is 46.3 Å². The third-order valence-electron chi connectivity index (χ3n) is 6.02. The summed E-state index contributed by atoms with van der Waals surface area (Å²) in [6.45, 7) is 3.58. The Labute approximate surface area is 231 Å².